The SMILES string of the molecule is Cc1cc(CN2CC3(CCN(C(=O)C4CC4)CC3)OCCC2=O)ccc1F. The Bertz CT molecular complexity index is 739. The molecular weight excluding hydrogens is 347 g/mol. The number of benzene rings is 1. The number of halogens is 1. The molecule has 1 spiro atoms. The molecule has 0 unspecified atom stereocenters. The van der Waals surface area contributed by atoms with Crippen LogP contribution in [0.15, 0.2) is 18.2 Å². The van der Waals surface area contributed by atoms with Gasteiger partial charge in [0.1, 0.15) is 5.82 Å². The van der Waals surface area contributed by atoms with Crippen molar-refractivity contribution in [2.45, 2.75) is 51.2 Å². The number of nitrogens with zero attached hydrogens (tertiary/aromatic N) is 2. The van der Waals surface area contributed by atoms with Gasteiger partial charge in [0.05, 0.1) is 25.2 Å². The number of hydrogen-bond donors (Lipinski definition) is 0. The molecule has 1 aromatic rings. The first-order valence-corrected chi connectivity index (χ1v) is 9.91. The molecule has 0 aromatic heterocycles. The van der Waals surface area contributed by atoms with E-state index in [-0.39, 0.29) is 29.2 Å². The van der Waals surface area contributed by atoms with Gasteiger partial charge in [-0.1, -0.05) is 12.1 Å². The predicted molar refractivity (Wildman–Crippen MR) is 98.4 cm³/mol. The summed E-state index contributed by atoms with van der Waals surface area (Å²) < 4.78 is 19.7. The highest BCUT2D eigenvalue weighted by Gasteiger charge is 2.43. The Hall–Kier alpha value is -1.95. The number of likely N-dealkylation sites (tertiary alicyclic amines) is 1. The summed E-state index contributed by atoms with van der Waals surface area (Å²) in [6.07, 6.45) is 3.94. The van der Waals surface area contributed by atoms with E-state index in [1.54, 1.807) is 19.1 Å². The van der Waals surface area contributed by atoms with Gasteiger partial charge in [-0.25, -0.2) is 4.39 Å². The summed E-state index contributed by atoms with van der Waals surface area (Å²) in [5, 5.41) is 0. The van der Waals surface area contributed by atoms with Crippen molar-refractivity contribution in [1.82, 2.24) is 9.80 Å². The zero-order valence-corrected chi connectivity index (χ0v) is 15.9. The van der Waals surface area contributed by atoms with Gasteiger partial charge in [-0.2, -0.15) is 0 Å². The smallest absolute Gasteiger partial charge is 0.225 e. The Balaban J connectivity index is 1.44. The van der Waals surface area contributed by atoms with E-state index in [1.165, 1.54) is 6.07 Å². The summed E-state index contributed by atoms with van der Waals surface area (Å²) >= 11 is 0. The van der Waals surface area contributed by atoms with Crippen LogP contribution in [0.25, 0.3) is 0 Å². The van der Waals surface area contributed by atoms with E-state index < -0.39 is 0 Å². The maximum atomic E-state index is 13.5. The first kappa shape index (κ1) is 18.4. The van der Waals surface area contributed by atoms with Crippen LogP contribution in [0.3, 0.4) is 0 Å². The number of aryl methyl sites for hydroxylation is 1. The fraction of sp³-hybridized carbons (Fsp3) is 0.619. The third-order valence-electron chi connectivity index (χ3n) is 6.06. The Morgan fingerprint density at radius 3 is 2.70 bits per heavy atom. The molecule has 2 heterocycles. The minimum atomic E-state index is -0.373. The maximum absolute atomic E-state index is 13.5. The van der Waals surface area contributed by atoms with Gasteiger partial charge < -0.3 is 14.5 Å². The summed E-state index contributed by atoms with van der Waals surface area (Å²) in [4.78, 5) is 28.7. The Morgan fingerprint density at radius 2 is 2.04 bits per heavy atom. The number of carbonyl (C=O) groups is 2. The van der Waals surface area contributed by atoms with Crippen LogP contribution in [0, 0.1) is 18.7 Å². The van der Waals surface area contributed by atoms with E-state index in [9.17, 15) is 14.0 Å². The first-order valence-electron chi connectivity index (χ1n) is 9.91. The Morgan fingerprint density at radius 1 is 1.30 bits per heavy atom. The van der Waals surface area contributed by atoms with Crippen molar-refractivity contribution >= 4 is 11.8 Å². The highest BCUT2D eigenvalue weighted by molar-refractivity contribution is 5.81. The molecule has 0 N–H and O–H groups in total. The molecular formula is C21H27FN2O3. The Kier molecular flexibility index (Phi) is 4.93. The molecule has 27 heavy (non-hydrogen) atoms. The van der Waals surface area contributed by atoms with Crippen LogP contribution >= 0.6 is 0 Å². The van der Waals surface area contributed by atoms with Gasteiger partial charge in [0.2, 0.25) is 11.8 Å². The molecule has 1 saturated carbocycles. The summed E-state index contributed by atoms with van der Waals surface area (Å²) in [7, 11) is 0. The highest BCUT2D eigenvalue weighted by atomic mass is 19.1. The Labute approximate surface area is 159 Å². The number of ether oxygens (including phenoxy) is 1. The lowest BCUT2D eigenvalue weighted by atomic mass is 9.90. The van der Waals surface area contributed by atoms with Crippen LogP contribution in [0.5, 0.6) is 0 Å². The minimum absolute atomic E-state index is 0.0744. The largest absolute Gasteiger partial charge is 0.372 e. The van der Waals surface area contributed by atoms with E-state index in [0.29, 0.717) is 44.8 Å². The van der Waals surface area contributed by atoms with Gasteiger partial charge in [-0.3, -0.25) is 9.59 Å². The molecule has 1 aromatic carbocycles. The van der Waals surface area contributed by atoms with Gasteiger partial charge in [0, 0.05) is 25.6 Å². The van der Waals surface area contributed by atoms with Crippen molar-refractivity contribution in [1.29, 1.82) is 0 Å². The third-order valence-corrected chi connectivity index (χ3v) is 6.06. The second-order valence-corrected chi connectivity index (χ2v) is 8.21. The highest BCUT2D eigenvalue weighted by Crippen LogP contribution is 2.35. The molecule has 0 radical (unpaired) electrons. The molecule has 6 heteroatoms. The van der Waals surface area contributed by atoms with Crippen molar-refractivity contribution in [3.63, 3.8) is 0 Å². The van der Waals surface area contributed by atoms with Crippen molar-refractivity contribution in [3.8, 4) is 0 Å². The standard InChI is InChI=1S/C21H27FN2O3/c1-15-12-16(2-5-18(15)22)13-24-14-21(27-11-6-19(24)25)7-9-23(10-8-21)20(26)17-3-4-17/h2,5,12,17H,3-4,6-11,13-14H2,1H3. The lowest BCUT2D eigenvalue weighted by molar-refractivity contribution is -0.141. The number of carbonyl (C=O) groups excluding carboxylic acids is 2. The van der Waals surface area contributed by atoms with Crippen molar-refractivity contribution in [3.05, 3.63) is 35.1 Å². The van der Waals surface area contributed by atoms with E-state index in [2.05, 4.69) is 0 Å². The average molecular weight is 374 g/mol. The fourth-order valence-corrected chi connectivity index (χ4v) is 4.19. The molecule has 0 atom stereocenters. The fourth-order valence-electron chi connectivity index (χ4n) is 4.19. The maximum Gasteiger partial charge on any atom is 0.225 e. The average Bonchev–Trinajstić information content (AvgIpc) is 3.49. The van der Waals surface area contributed by atoms with Gasteiger partial charge in [0.25, 0.3) is 0 Å². The number of piperidine rings is 1. The topological polar surface area (TPSA) is 49.9 Å². The number of hydrogen-bond acceptors (Lipinski definition) is 3. The second kappa shape index (κ2) is 7.23. The minimum Gasteiger partial charge on any atom is -0.372 e. The molecule has 3 aliphatic rings. The summed E-state index contributed by atoms with van der Waals surface area (Å²) in [5.41, 5.74) is 1.15. The predicted octanol–water partition coefficient (Wildman–Crippen LogP) is 2.65. The number of rotatable bonds is 3. The molecule has 4 rings (SSSR count). The lowest BCUT2D eigenvalue weighted by Gasteiger charge is -2.42. The molecule has 1 aliphatic carbocycles. The van der Waals surface area contributed by atoms with Crippen molar-refractivity contribution in [2.75, 3.05) is 26.2 Å². The molecule has 146 valence electrons. The normalized spacial score (nSPS) is 22.8. The van der Waals surface area contributed by atoms with Gasteiger partial charge >= 0.3 is 0 Å². The van der Waals surface area contributed by atoms with Crippen LogP contribution in [-0.4, -0.2) is 53.5 Å². The summed E-state index contributed by atoms with van der Waals surface area (Å²) in [5.74, 6) is 0.376. The first-order chi connectivity index (χ1) is 13.0. The summed E-state index contributed by atoms with van der Waals surface area (Å²) in [6.45, 7) is 4.57. The van der Waals surface area contributed by atoms with E-state index in [0.717, 1.165) is 31.2 Å². The van der Waals surface area contributed by atoms with Gasteiger partial charge in [-0.15, -0.1) is 0 Å². The van der Waals surface area contributed by atoms with Crippen LogP contribution in [0.1, 0.15) is 43.2 Å². The van der Waals surface area contributed by atoms with E-state index in [4.69, 9.17) is 4.74 Å². The quantitative estimate of drug-likeness (QED) is 0.817. The zero-order chi connectivity index (χ0) is 19.0. The van der Waals surface area contributed by atoms with Crippen molar-refractivity contribution < 1.29 is 18.7 Å². The molecule has 3 fully saturated rings. The van der Waals surface area contributed by atoms with E-state index >= 15 is 0 Å². The molecule has 2 amide bonds. The summed E-state index contributed by atoms with van der Waals surface area (Å²) in [6, 6.07) is 5.00. The molecule has 2 aliphatic heterocycles. The van der Waals surface area contributed by atoms with Crippen LogP contribution in [0.2, 0.25) is 0 Å². The zero-order valence-electron chi connectivity index (χ0n) is 15.9. The van der Waals surface area contributed by atoms with Crippen molar-refractivity contribution in [2.24, 2.45) is 5.92 Å². The van der Waals surface area contributed by atoms with Crippen LogP contribution in [-0.2, 0) is 20.9 Å². The monoisotopic (exact) mass is 374 g/mol. The third kappa shape index (κ3) is 4.00. The number of amides is 2. The van der Waals surface area contributed by atoms with E-state index in [1.807, 2.05) is 9.80 Å². The van der Waals surface area contributed by atoms with Crippen LogP contribution < -0.4 is 0 Å². The van der Waals surface area contributed by atoms with Crippen LogP contribution in [0.4, 0.5) is 4.39 Å². The van der Waals surface area contributed by atoms with Gasteiger partial charge in [-0.05, 0) is 49.8 Å². The lowest BCUT2D eigenvalue weighted by Crippen LogP contribution is -2.53. The second-order valence-electron chi connectivity index (χ2n) is 8.21. The molecule has 5 nitrogen and oxygen atoms in total. The molecule has 0 bridgehead atoms. The molecule has 2 saturated heterocycles. The van der Waals surface area contributed by atoms with Gasteiger partial charge in [0.15, 0.2) is 0 Å².